The Hall–Kier alpha value is -0.890. The van der Waals surface area contributed by atoms with Crippen LogP contribution in [-0.4, -0.2) is 11.5 Å². The SMILES string of the molecule is Cc1cccnc1C1(CN)CCCC1. The lowest BCUT2D eigenvalue weighted by molar-refractivity contribution is 0.437. The number of rotatable bonds is 2. The van der Waals surface area contributed by atoms with Crippen LogP contribution in [0.3, 0.4) is 0 Å². The minimum atomic E-state index is 0.186. The highest BCUT2D eigenvalue weighted by Crippen LogP contribution is 2.40. The first-order valence-corrected chi connectivity index (χ1v) is 5.41. The molecule has 0 spiro atoms. The van der Waals surface area contributed by atoms with Crippen LogP contribution in [0.5, 0.6) is 0 Å². The second-order valence-electron chi connectivity index (χ2n) is 4.36. The highest BCUT2D eigenvalue weighted by atomic mass is 14.7. The van der Waals surface area contributed by atoms with Crippen molar-refractivity contribution in [1.82, 2.24) is 4.98 Å². The van der Waals surface area contributed by atoms with Crippen LogP contribution >= 0.6 is 0 Å². The van der Waals surface area contributed by atoms with Crippen molar-refractivity contribution >= 4 is 0 Å². The Balaban J connectivity index is 2.41. The predicted octanol–water partition coefficient (Wildman–Crippen LogP) is 2.16. The third-order valence-corrected chi connectivity index (χ3v) is 3.46. The molecule has 0 radical (unpaired) electrons. The van der Waals surface area contributed by atoms with Gasteiger partial charge in [0.25, 0.3) is 0 Å². The number of nitrogens with zero attached hydrogens (tertiary/aromatic N) is 1. The molecule has 14 heavy (non-hydrogen) atoms. The van der Waals surface area contributed by atoms with Crippen LogP contribution in [0.15, 0.2) is 18.3 Å². The zero-order valence-corrected chi connectivity index (χ0v) is 8.79. The molecule has 1 aromatic rings. The Morgan fingerprint density at radius 2 is 2.14 bits per heavy atom. The van der Waals surface area contributed by atoms with E-state index in [1.54, 1.807) is 0 Å². The maximum Gasteiger partial charge on any atom is 0.0507 e. The summed E-state index contributed by atoms with van der Waals surface area (Å²) in [6.45, 7) is 2.88. The summed E-state index contributed by atoms with van der Waals surface area (Å²) in [4.78, 5) is 4.52. The highest BCUT2D eigenvalue weighted by Gasteiger charge is 2.36. The van der Waals surface area contributed by atoms with Crippen LogP contribution < -0.4 is 5.73 Å². The first-order chi connectivity index (χ1) is 6.78. The van der Waals surface area contributed by atoms with Crippen LogP contribution in [0.25, 0.3) is 0 Å². The molecule has 1 heterocycles. The lowest BCUT2D eigenvalue weighted by atomic mass is 9.80. The van der Waals surface area contributed by atoms with Gasteiger partial charge in [-0.1, -0.05) is 18.9 Å². The summed E-state index contributed by atoms with van der Waals surface area (Å²) >= 11 is 0. The van der Waals surface area contributed by atoms with Crippen LogP contribution in [0.1, 0.15) is 36.9 Å². The average Bonchev–Trinajstić information content (AvgIpc) is 2.68. The molecule has 1 aliphatic carbocycles. The van der Waals surface area contributed by atoms with Gasteiger partial charge in [0.15, 0.2) is 0 Å². The molecular formula is C12H18N2. The summed E-state index contributed by atoms with van der Waals surface area (Å²) in [5.41, 5.74) is 8.64. The van der Waals surface area contributed by atoms with Crippen LogP contribution in [0, 0.1) is 6.92 Å². The molecule has 76 valence electrons. The minimum absolute atomic E-state index is 0.186. The van der Waals surface area contributed by atoms with E-state index in [1.165, 1.54) is 36.9 Å². The average molecular weight is 190 g/mol. The van der Waals surface area contributed by atoms with E-state index in [-0.39, 0.29) is 5.41 Å². The zero-order valence-electron chi connectivity index (χ0n) is 8.79. The normalized spacial score (nSPS) is 19.9. The van der Waals surface area contributed by atoms with E-state index in [0.717, 1.165) is 6.54 Å². The first-order valence-electron chi connectivity index (χ1n) is 5.41. The quantitative estimate of drug-likeness (QED) is 0.776. The molecule has 1 fully saturated rings. The molecule has 0 bridgehead atoms. The molecule has 2 N–H and O–H groups in total. The van der Waals surface area contributed by atoms with Gasteiger partial charge in [-0.2, -0.15) is 0 Å². The standard InChI is InChI=1S/C12H18N2/c1-10-5-4-8-14-11(10)12(9-13)6-2-3-7-12/h4-5,8H,2-3,6-7,9,13H2,1H3. The van der Waals surface area contributed by atoms with E-state index >= 15 is 0 Å². The number of hydrogen-bond donors (Lipinski definition) is 1. The van der Waals surface area contributed by atoms with Gasteiger partial charge in [0.05, 0.1) is 5.69 Å². The second kappa shape index (κ2) is 3.70. The number of aryl methyl sites for hydroxylation is 1. The van der Waals surface area contributed by atoms with E-state index in [1.807, 2.05) is 12.3 Å². The maximum atomic E-state index is 5.93. The fourth-order valence-electron chi connectivity index (χ4n) is 2.63. The summed E-state index contributed by atoms with van der Waals surface area (Å²) < 4.78 is 0. The van der Waals surface area contributed by atoms with Crippen molar-refractivity contribution in [2.75, 3.05) is 6.54 Å². The molecule has 2 nitrogen and oxygen atoms in total. The zero-order chi connectivity index (χ0) is 10.0. The van der Waals surface area contributed by atoms with Gasteiger partial charge in [-0.15, -0.1) is 0 Å². The molecule has 1 aromatic heterocycles. The summed E-state index contributed by atoms with van der Waals surface area (Å²) in [5, 5.41) is 0. The van der Waals surface area contributed by atoms with Crippen molar-refractivity contribution in [3.05, 3.63) is 29.6 Å². The van der Waals surface area contributed by atoms with Gasteiger partial charge < -0.3 is 5.73 Å². The van der Waals surface area contributed by atoms with Gasteiger partial charge in [-0.3, -0.25) is 4.98 Å². The van der Waals surface area contributed by atoms with Crippen molar-refractivity contribution in [1.29, 1.82) is 0 Å². The summed E-state index contributed by atoms with van der Waals surface area (Å²) in [6, 6.07) is 4.13. The monoisotopic (exact) mass is 190 g/mol. The molecule has 0 aliphatic heterocycles. The molecule has 1 aliphatic rings. The Morgan fingerprint density at radius 1 is 1.43 bits per heavy atom. The molecule has 0 amide bonds. The molecule has 0 aromatic carbocycles. The van der Waals surface area contributed by atoms with E-state index in [2.05, 4.69) is 18.0 Å². The number of aromatic nitrogens is 1. The van der Waals surface area contributed by atoms with Gasteiger partial charge in [-0.05, 0) is 31.4 Å². The van der Waals surface area contributed by atoms with Crippen molar-refractivity contribution in [3.8, 4) is 0 Å². The maximum absolute atomic E-state index is 5.93. The van der Waals surface area contributed by atoms with Crippen LogP contribution in [-0.2, 0) is 5.41 Å². The van der Waals surface area contributed by atoms with Gasteiger partial charge >= 0.3 is 0 Å². The smallest absolute Gasteiger partial charge is 0.0507 e. The fourth-order valence-corrected chi connectivity index (χ4v) is 2.63. The first kappa shape index (κ1) is 9.66. The molecule has 2 rings (SSSR count). The Morgan fingerprint density at radius 3 is 2.71 bits per heavy atom. The molecule has 2 heteroatoms. The predicted molar refractivity (Wildman–Crippen MR) is 58.2 cm³/mol. The molecular weight excluding hydrogens is 172 g/mol. The van der Waals surface area contributed by atoms with Gasteiger partial charge in [0.2, 0.25) is 0 Å². The molecule has 1 saturated carbocycles. The number of nitrogens with two attached hydrogens (primary N) is 1. The Kier molecular flexibility index (Phi) is 2.55. The minimum Gasteiger partial charge on any atom is -0.330 e. The van der Waals surface area contributed by atoms with Crippen molar-refractivity contribution in [2.45, 2.75) is 38.0 Å². The fraction of sp³-hybridized carbons (Fsp3) is 0.583. The van der Waals surface area contributed by atoms with Gasteiger partial charge in [0.1, 0.15) is 0 Å². The van der Waals surface area contributed by atoms with E-state index in [4.69, 9.17) is 5.73 Å². The molecule has 0 saturated heterocycles. The van der Waals surface area contributed by atoms with E-state index in [0.29, 0.717) is 0 Å². The molecule has 0 unspecified atom stereocenters. The van der Waals surface area contributed by atoms with Crippen LogP contribution in [0.2, 0.25) is 0 Å². The van der Waals surface area contributed by atoms with Gasteiger partial charge in [0, 0.05) is 18.2 Å². The summed E-state index contributed by atoms with van der Waals surface area (Å²) in [5.74, 6) is 0. The van der Waals surface area contributed by atoms with Gasteiger partial charge in [-0.25, -0.2) is 0 Å². The number of pyridine rings is 1. The van der Waals surface area contributed by atoms with Crippen molar-refractivity contribution in [2.24, 2.45) is 5.73 Å². The topological polar surface area (TPSA) is 38.9 Å². The Bertz CT molecular complexity index is 314. The summed E-state index contributed by atoms with van der Waals surface area (Å²) in [6.07, 6.45) is 6.90. The van der Waals surface area contributed by atoms with Crippen molar-refractivity contribution < 1.29 is 0 Å². The third kappa shape index (κ3) is 1.44. The Labute approximate surface area is 85.5 Å². The number of hydrogen-bond acceptors (Lipinski definition) is 2. The van der Waals surface area contributed by atoms with E-state index in [9.17, 15) is 0 Å². The third-order valence-electron chi connectivity index (χ3n) is 3.46. The lowest BCUT2D eigenvalue weighted by Crippen LogP contribution is -2.33. The summed E-state index contributed by atoms with van der Waals surface area (Å²) in [7, 11) is 0. The highest BCUT2D eigenvalue weighted by molar-refractivity contribution is 5.28. The van der Waals surface area contributed by atoms with E-state index < -0.39 is 0 Å². The van der Waals surface area contributed by atoms with Crippen LogP contribution in [0.4, 0.5) is 0 Å². The molecule has 0 atom stereocenters. The lowest BCUT2D eigenvalue weighted by Gasteiger charge is -2.27. The van der Waals surface area contributed by atoms with Crippen molar-refractivity contribution in [3.63, 3.8) is 0 Å². The largest absolute Gasteiger partial charge is 0.330 e. The second-order valence-corrected chi connectivity index (χ2v) is 4.36.